The first-order chi connectivity index (χ1) is 31.7. The second-order valence-corrected chi connectivity index (χ2v) is 16.3. The van der Waals surface area contributed by atoms with E-state index in [4.69, 9.17) is 28.2 Å². The smallest absolute Gasteiger partial charge is 0.238 e. The minimum Gasteiger partial charge on any atom is -0.456 e. The highest BCUT2D eigenvalue weighted by Crippen LogP contribution is 2.44. The zero-order valence-corrected chi connectivity index (χ0v) is 34.0. The molecule has 0 spiro atoms. The molecule has 0 amide bonds. The SMILES string of the molecule is c1cc(-c2nc(-c3ccc4c(c3)oc3ccccc34)nc(-n3c4ccccc4c4ccccc43)n2)cc(-c2cccc3c2oc2c(-c4cccc5c4oc4ccccc45)cccc23)c1. The predicted octanol–water partition coefficient (Wildman–Crippen LogP) is 15.3. The van der Waals surface area contributed by atoms with Crippen LogP contribution in [-0.2, 0) is 0 Å². The molecule has 0 fully saturated rings. The molecule has 5 heterocycles. The van der Waals surface area contributed by atoms with Gasteiger partial charge in [-0.3, -0.25) is 4.57 Å². The van der Waals surface area contributed by atoms with Gasteiger partial charge in [-0.25, -0.2) is 4.98 Å². The Balaban J connectivity index is 0.951. The van der Waals surface area contributed by atoms with Crippen molar-refractivity contribution in [1.29, 1.82) is 0 Å². The van der Waals surface area contributed by atoms with Crippen LogP contribution in [0.2, 0.25) is 0 Å². The maximum absolute atomic E-state index is 6.98. The summed E-state index contributed by atoms with van der Waals surface area (Å²) in [4.78, 5) is 15.7. The molecule has 0 aliphatic heterocycles. The average Bonchev–Trinajstić information content (AvgIpc) is 4.13. The average molecular weight is 821 g/mol. The number of hydrogen-bond donors (Lipinski definition) is 0. The van der Waals surface area contributed by atoms with Gasteiger partial charge < -0.3 is 13.3 Å². The molecule has 0 atom stereocenters. The fraction of sp³-hybridized carbons (Fsp3) is 0. The molecule has 14 rings (SSSR count). The van der Waals surface area contributed by atoms with Crippen LogP contribution in [-0.4, -0.2) is 19.5 Å². The molecule has 298 valence electrons. The lowest BCUT2D eigenvalue weighted by Gasteiger charge is -2.12. The summed E-state index contributed by atoms with van der Waals surface area (Å²) in [6.45, 7) is 0. The molecule has 0 unspecified atom stereocenters. The Morgan fingerprint density at radius 2 is 0.766 bits per heavy atom. The van der Waals surface area contributed by atoms with Gasteiger partial charge >= 0.3 is 0 Å². The Kier molecular flexibility index (Phi) is 7.27. The van der Waals surface area contributed by atoms with Gasteiger partial charge in [0.05, 0.1) is 11.0 Å². The van der Waals surface area contributed by atoms with Gasteiger partial charge in [0.1, 0.15) is 33.5 Å². The molecule has 0 saturated carbocycles. The number of para-hydroxylation sites is 7. The number of benzene rings is 9. The van der Waals surface area contributed by atoms with Crippen LogP contribution < -0.4 is 0 Å². The van der Waals surface area contributed by atoms with Crippen LogP contribution in [0.15, 0.2) is 207 Å². The Bertz CT molecular complexity index is 4170. The maximum atomic E-state index is 6.98. The summed E-state index contributed by atoms with van der Waals surface area (Å²) in [7, 11) is 0. The van der Waals surface area contributed by atoms with Crippen molar-refractivity contribution in [2.45, 2.75) is 0 Å². The zero-order valence-electron chi connectivity index (χ0n) is 34.0. The largest absolute Gasteiger partial charge is 0.456 e. The van der Waals surface area contributed by atoms with E-state index in [-0.39, 0.29) is 0 Å². The van der Waals surface area contributed by atoms with Crippen molar-refractivity contribution in [3.8, 4) is 51.0 Å². The molecule has 64 heavy (non-hydrogen) atoms. The standard InChI is InChI=1S/C57H32N4O3/c1-5-25-47-37(15-1)38-16-2-6-26-48(38)61(47)57-59-55(58-56(60-57)35-29-30-41-39-17-3-7-27-49(39)62-51(41)32-35)34-14-9-13-33(31-34)36-19-10-21-43-45-23-12-24-46(54(45)64-52(36)43)44-22-11-20-42-40-18-4-8-28-50(40)63-53(42)44/h1-32H. The molecule has 0 N–H and O–H groups in total. The minimum atomic E-state index is 0.527. The lowest BCUT2D eigenvalue weighted by molar-refractivity contribution is 0.665. The van der Waals surface area contributed by atoms with Crippen molar-refractivity contribution in [3.63, 3.8) is 0 Å². The van der Waals surface area contributed by atoms with E-state index in [0.717, 1.165) is 121 Å². The van der Waals surface area contributed by atoms with Crippen molar-refractivity contribution >= 4 is 87.6 Å². The summed E-state index contributed by atoms with van der Waals surface area (Å²) in [5.74, 6) is 1.62. The number of fused-ring (bicyclic) bond motifs is 12. The Hall–Kier alpha value is -8.81. The number of furan rings is 3. The Morgan fingerprint density at radius 1 is 0.297 bits per heavy atom. The summed E-state index contributed by atoms with van der Waals surface area (Å²) in [6, 6.07) is 66.7. The van der Waals surface area contributed by atoms with Gasteiger partial charge in [0.2, 0.25) is 5.95 Å². The minimum absolute atomic E-state index is 0.527. The van der Waals surface area contributed by atoms with E-state index >= 15 is 0 Å². The molecule has 9 aromatic carbocycles. The quantitative estimate of drug-likeness (QED) is 0.172. The van der Waals surface area contributed by atoms with Crippen molar-refractivity contribution in [3.05, 3.63) is 194 Å². The Morgan fingerprint density at radius 3 is 1.45 bits per heavy atom. The molecule has 14 aromatic rings. The third-order valence-electron chi connectivity index (χ3n) is 12.7. The fourth-order valence-electron chi connectivity index (χ4n) is 9.77. The van der Waals surface area contributed by atoms with Crippen LogP contribution in [0.25, 0.3) is 139 Å². The summed E-state index contributed by atoms with van der Waals surface area (Å²) in [5.41, 5.74) is 12.6. The molecule has 0 saturated heterocycles. The van der Waals surface area contributed by atoms with Gasteiger partial charge in [0.25, 0.3) is 0 Å². The van der Waals surface area contributed by atoms with E-state index in [1.807, 2.05) is 42.5 Å². The van der Waals surface area contributed by atoms with E-state index in [9.17, 15) is 0 Å². The predicted molar refractivity (Wildman–Crippen MR) is 258 cm³/mol. The lowest BCUT2D eigenvalue weighted by Crippen LogP contribution is -2.06. The van der Waals surface area contributed by atoms with E-state index in [0.29, 0.717) is 17.6 Å². The second kappa shape index (κ2) is 13.3. The van der Waals surface area contributed by atoms with Crippen LogP contribution in [0.4, 0.5) is 0 Å². The van der Waals surface area contributed by atoms with E-state index in [2.05, 4.69) is 156 Å². The third-order valence-corrected chi connectivity index (χ3v) is 12.7. The molecule has 7 nitrogen and oxygen atoms in total. The zero-order chi connectivity index (χ0) is 41.9. The van der Waals surface area contributed by atoms with E-state index in [1.165, 1.54) is 0 Å². The molecular formula is C57H32N4O3. The number of hydrogen-bond acceptors (Lipinski definition) is 6. The number of rotatable bonds is 5. The fourth-order valence-corrected chi connectivity index (χ4v) is 9.77. The van der Waals surface area contributed by atoms with Gasteiger partial charge in [-0.15, -0.1) is 0 Å². The van der Waals surface area contributed by atoms with Crippen LogP contribution in [0.1, 0.15) is 0 Å². The highest BCUT2D eigenvalue weighted by molar-refractivity contribution is 6.16. The molecule has 5 aromatic heterocycles. The normalized spacial score (nSPS) is 12.1. The van der Waals surface area contributed by atoms with Crippen LogP contribution in [0, 0.1) is 0 Å². The highest BCUT2D eigenvalue weighted by Gasteiger charge is 2.22. The first-order valence-corrected chi connectivity index (χ1v) is 21.3. The molecule has 0 bridgehead atoms. The van der Waals surface area contributed by atoms with Gasteiger partial charge in [0.15, 0.2) is 11.6 Å². The van der Waals surface area contributed by atoms with Crippen molar-refractivity contribution in [2.24, 2.45) is 0 Å². The van der Waals surface area contributed by atoms with Crippen LogP contribution >= 0.6 is 0 Å². The molecule has 7 heteroatoms. The van der Waals surface area contributed by atoms with Crippen molar-refractivity contribution in [1.82, 2.24) is 19.5 Å². The summed E-state index contributed by atoms with van der Waals surface area (Å²) in [6.07, 6.45) is 0. The van der Waals surface area contributed by atoms with Gasteiger partial charge in [-0.1, -0.05) is 152 Å². The van der Waals surface area contributed by atoms with Crippen LogP contribution in [0.5, 0.6) is 0 Å². The number of aromatic nitrogens is 4. The Labute approximate surface area is 364 Å². The second-order valence-electron chi connectivity index (χ2n) is 16.3. The lowest BCUT2D eigenvalue weighted by atomic mass is 9.98. The van der Waals surface area contributed by atoms with Gasteiger partial charge in [-0.05, 0) is 48.0 Å². The van der Waals surface area contributed by atoms with Gasteiger partial charge in [-0.2, -0.15) is 9.97 Å². The number of nitrogens with zero attached hydrogens (tertiary/aromatic N) is 4. The topological polar surface area (TPSA) is 83.0 Å². The van der Waals surface area contributed by atoms with Gasteiger partial charge in [0, 0.05) is 70.9 Å². The first kappa shape index (κ1) is 34.9. The first-order valence-electron chi connectivity index (χ1n) is 21.3. The summed E-state index contributed by atoms with van der Waals surface area (Å²) < 4.78 is 22.0. The van der Waals surface area contributed by atoms with E-state index in [1.54, 1.807) is 0 Å². The monoisotopic (exact) mass is 820 g/mol. The molecule has 0 radical (unpaired) electrons. The summed E-state index contributed by atoms with van der Waals surface area (Å²) >= 11 is 0. The summed E-state index contributed by atoms with van der Waals surface area (Å²) in [5, 5.41) is 8.62. The molecular weight excluding hydrogens is 789 g/mol. The molecule has 0 aliphatic rings. The highest BCUT2D eigenvalue weighted by atomic mass is 16.3. The molecule has 0 aliphatic carbocycles. The van der Waals surface area contributed by atoms with Crippen molar-refractivity contribution in [2.75, 3.05) is 0 Å². The van der Waals surface area contributed by atoms with E-state index < -0.39 is 0 Å². The maximum Gasteiger partial charge on any atom is 0.238 e. The van der Waals surface area contributed by atoms with Crippen LogP contribution in [0.3, 0.4) is 0 Å². The van der Waals surface area contributed by atoms with Crippen molar-refractivity contribution < 1.29 is 13.3 Å². The third kappa shape index (κ3) is 5.12.